The molecule has 0 aromatic heterocycles. The van der Waals surface area contributed by atoms with Gasteiger partial charge in [0.25, 0.3) is 0 Å². The Balaban J connectivity index is 2.50. The van der Waals surface area contributed by atoms with Gasteiger partial charge in [0.15, 0.2) is 5.78 Å². The number of benzene rings is 1. The third kappa shape index (κ3) is 4.99. The molecule has 1 aromatic rings. The van der Waals surface area contributed by atoms with E-state index in [0.717, 1.165) is 17.5 Å². The molecule has 92 valence electrons. The summed E-state index contributed by atoms with van der Waals surface area (Å²) in [5, 5.41) is 0. The van der Waals surface area contributed by atoms with E-state index < -0.39 is 0 Å². The molecule has 0 bridgehead atoms. The third-order valence-corrected chi connectivity index (χ3v) is 2.86. The molecule has 0 aliphatic heterocycles. The maximum absolute atomic E-state index is 11.4. The van der Waals surface area contributed by atoms with Crippen LogP contribution in [0.25, 0.3) is 6.08 Å². The molecule has 0 unspecified atom stereocenters. The third-order valence-electron chi connectivity index (χ3n) is 2.86. The van der Waals surface area contributed by atoms with Crippen molar-refractivity contribution in [2.45, 2.75) is 46.0 Å². The molecule has 0 amide bonds. The van der Waals surface area contributed by atoms with E-state index in [1.807, 2.05) is 24.3 Å². The summed E-state index contributed by atoms with van der Waals surface area (Å²) in [7, 11) is 0. The van der Waals surface area contributed by atoms with E-state index in [2.05, 4.69) is 19.1 Å². The lowest BCUT2D eigenvalue weighted by Crippen LogP contribution is -1.94. The van der Waals surface area contributed by atoms with Crippen LogP contribution in [-0.4, -0.2) is 5.78 Å². The lowest BCUT2D eigenvalue weighted by molar-refractivity contribution is 0.101. The molecule has 0 N–H and O–H groups in total. The number of unbranched alkanes of at least 4 members (excludes halogenated alkanes) is 4. The average Bonchev–Trinajstić information content (AvgIpc) is 2.34. The molecular formula is C16H22O. The number of ketones is 1. The van der Waals surface area contributed by atoms with Gasteiger partial charge in [-0.1, -0.05) is 62.6 Å². The average molecular weight is 230 g/mol. The van der Waals surface area contributed by atoms with E-state index in [0.29, 0.717) is 0 Å². The van der Waals surface area contributed by atoms with Gasteiger partial charge >= 0.3 is 0 Å². The Bertz CT molecular complexity index is 377. The topological polar surface area (TPSA) is 17.1 Å². The first-order valence-corrected chi connectivity index (χ1v) is 6.52. The monoisotopic (exact) mass is 230 g/mol. The van der Waals surface area contributed by atoms with E-state index in [4.69, 9.17) is 0 Å². The van der Waals surface area contributed by atoms with Crippen molar-refractivity contribution in [2.24, 2.45) is 0 Å². The van der Waals surface area contributed by atoms with Crippen molar-refractivity contribution >= 4 is 11.9 Å². The van der Waals surface area contributed by atoms with Crippen LogP contribution in [0.4, 0.5) is 0 Å². The van der Waals surface area contributed by atoms with Gasteiger partial charge in [-0.15, -0.1) is 0 Å². The Morgan fingerprint density at radius 1 is 1.18 bits per heavy atom. The van der Waals surface area contributed by atoms with Gasteiger partial charge in [-0.25, -0.2) is 0 Å². The highest BCUT2D eigenvalue weighted by Gasteiger charge is 2.02. The van der Waals surface area contributed by atoms with Gasteiger partial charge < -0.3 is 0 Å². The van der Waals surface area contributed by atoms with Gasteiger partial charge in [0.05, 0.1) is 0 Å². The summed E-state index contributed by atoms with van der Waals surface area (Å²) in [5.74, 6) is 0.135. The highest BCUT2D eigenvalue weighted by Crippen LogP contribution is 2.12. The summed E-state index contributed by atoms with van der Waals surface area (Å²) in [5.41, 5.74) is 1.85. The zero-order valence-electron chi connectivity index (χ0n) is 10.9. The fourth-order valence-corrected chi connectivity index (χ4v) is 1.86. The zero-order valence-corrected chi connectivity index (χ0v) is 10.9. The maximum atomic E-state index is 11.4. The molecular weight excluding hydrogens is 208 g/mol. The van der Waals surface area contributed by atoms with Crippen molar-refractivity contribution in [3.05, 3.63) is 41.5 Å². The van der Waals surface area contributed by atoms with Crippen LogP contribution in [0.1, 0.15) is 61.9 Å². The van der Waals surface area contributed by atoms with Gasteiger partial charge in [0.2, 0.25) is 0 Å². The van der Waals surface area contributed by atoms with Crippen LogP contribution in [-0.2, 0) is 0 Å². The molecule has 0 radical (unpaired) electrons. The number of Topliss-reactive ketones (excluding diaryl/α,β-unsaturated/α-hetero) is 1. The van der Waals surface area contributed by atoms with E-state index in [1.165, 1.54) is 25.7 Å². The standard InChI is InChI=1S/C16H22O/c1-3-4-5-6-7-8-11-15-12-9-10-13-16(15)14(2)17/h8-13H,3-7H2,1-2H3. The summed E-state index contributed by atoms with van der Waals surface area (Å²) in [4.78, 5) is 11.4. The van der Waals surface area contributed by atoms with Crippen LogP contribution in [0, 0.1) is 0 Å². The number of carbonyl (C=O) groups excluding carboxylic acids is 1. The molecule has 1 aromatic carbocycles. The van der Waals surface area contributed by atoms with E-state index in [1.54, 1.807) is 6.92 Å². The van der Waals surface area contributed by atoms with E-state index in [-0.39, 0.29) is 5.78 Å². The molecule has 0 saturated heterocycles. The maximum Gasteiger partial charge on any atom is 0.160 e. The van der Waals surface area contributed by atoms with Gasteiger partial charge in [-0.05, 0) is 25.3 Å². The molecule has 0 aliphatic carbocycles. The lowest BCUT2D eigenvalue weighted by atomic mass is 10.0. The van der Waals surface area contributed by atoms with Crippen molar-refractivity contribution in [1.29, 1.82) is 0 Å². The molecule has 0 atom stereocenters. The minimum atomic E-state index is 0.135. The Hall–Kier alpha value is -1.37. The molecule has 0 heterocycles. The second-order valence-corrected chi connectivity index (χ2v) is 4.40. The smallest absolute Gasteiger partial charge is 0.160 e. The number of rotatable bonds is 7. The number of allylic oxidation sites excluding steroid dienone is 1. The zero-order chi connectivity index (χ0) is 12.5. The van der Waals surface area contributed by atoms with Gasteiger partial charge in [-0.2, -0.15) is 0 Å². The van der Waals surface area contributed by atoms with Crippen LogP contribution in [0.3, 0.4) is 0 Å². The molecule has 0 saturated carbocycles. The largest absolute Gasteiger partial charge is 0.294 e. The first kappa shape index (κ1) is 13.7. The van der Waals surface area contributed by atoms with Crippen LogP contribution in [0.5, 0.6) is 0 Å². The molecule has 17 heavy (non-hydrogen) atoms. The Kier molecular flexibility index (Phi) is 6.31. The molecule has 1 heteroatoms. The van der Waals surface area contributed by atoms with E-state index >= 15 is 0 Å². The first-order valence-electron chi connectivity index (χ1n) is 6.52. The predicted octanol–water partition coefficient (Wildman–Crippen LogP) is 4.87. The second kappa shape index (κ2) is 7.83. The highest BCUT2D eigenvalue weighted by atomic mass is 16.1. The van der Waals surface area contributed by atoms with Crippen molar-refractivity contribution in [3.63, 3.8) is 0 Å². The predicted molar refractivity (Wildman–Crippen MR) is 74.2 cm³/mol. The van der Waals surface area contributed by atoms with Crippen LogP contribution in [0.2, 0.25) is 0 Å². The minimum absolute atomic E-state index is 0.135. The Morgan fingerprint density at radius 3 is 2.65 bits per heavy atom. The first-order chi connectivity index (χ1) is 8.25. The van der Waals surface area contributed by atoms with Crippen molar-refractivity contribution in [1.82, 2.24) is 0 Å². The number of carbonyl (C=O) groups is 1. The Labute approximate surface area is 105 Å². The lowest BCUT2D eigenvalue weighted by Gasteiger charge is -2.01. The van der Waals surface area contributed by atoms with E-state index in [9.17, 15) is 4.79 Å². The van der Waals surface area contributed by atoms with Gasteiger partial charge in [-0.3, -0.25) is 4.79 Å². The van der Waals surface area contributed by atoms with Crippen molar-refractivity contribution < 1.29 is 4.79 Å². The number of hydrogen-bond acceptors (Lipinski definition) is 1. The fourth-order valence-electron chi connectivity index (χ4n) is 1.86. The summed E-state index contributed by atoms with van der Waals surface area (Å²) < 4.78 is 0. The summed E-state index contributed by atoms with van der Waals surface area (Å²) >= 11 is 0. The van der Waals surface area contributed by atoms with Crippen LogP contribution in [0.15, 0.2) is 30.3 Å². The van der Waals surface area contributed by atoms with Crippen molar-refractivity contribution in [2.75, 3.05) is 0 Å². The SMILES string of the molecule is CCCCCCC=Cc1ccccc1C(C)=O. The van der Waals surface area contributed by atoms with Crippen LogP contribution >= 0.6 is 0 Å². The van der Waals surface area contributed by atoms with Crippen molar-refractivity contribution in [3.8, 4) is 0 Å². The Morgan fingerprint density at radius 2 is 1.94 bits per heavy atom. The molecule has 1 nitrogen and oxygen atoms in total. The molecule has 1 rings (SSSR count). The summed E-state index contributed by atoms with van der Waals surface area (Å²) in [6.07, 6.45) is 10.5. The number of hydrogen-bond donors (Lipinski definition) is 0. The summed E-state index contributed by atoms with van der Waals surface area (Å²) in [6.45, 7) is 3.84. The van der Waals surface area contributed by atoms with Gasteiger partial charge in [0, 0.05) is 5.56 Å². The summed E-state index contributed by atoms with van der Waals surface area (Å²) in [6, 6.07) is 7.77. The molecule has 0 aliphatic rings. The quantitative estimate of drug-likeness (QED) is 0.482. The fraction of sp³-hybridized carbons (Fsp3) is 0.438. The minimum Gasteiger partial charge on any atom is -0.294 e. The molecule has 0 spiro atoms. The van der Waals surface area contributed by atoms with Crippen LogP contribution < -0.4 is 0 Å². The van der Waals surface area contributed by atoms with Gasteiger partial charge in [0.1, 0.15) is 0 Å². The normalized spacial score (nSPS) is 10.9. The highest BCUT2D eigenvalue weighted by molar-refractivity contribution is 5.97. The molecule has 0 fully saturated rings. The second-order valence-electron chi connectivity index (χ2n) is 4.40.